The van der Waals surface area contributed by atoms with Gasteiger partial charge >= 0.3 is 0 Å². The number of halogens is 1. The molecule has 26 heavy (non-hydrogen) atoms. The number of aryl methyl sites for hydroxylation is 1. The molecule has 2 aromatic heterocycles. The molecule has 1 aliphatic heterocycles. The van der Waals surface area contributed by atoms with Crippen LogP contribution in [0.25, 0.3) is 11.6 Å². The number of nitrogens with zero attached hydrogens (tertiary/aromatic N) is 2. The number of anilines is 1. The first-order valence-electron chi connectivity index (χ1n) is 7.94. The quantitative estimate of drug-likeness (QED) is 0.730. The largest absolute Gasteiger partial charge is 0.486 e. The van der Waals surface area contributed by atoms with Gasteiger partial charge in [0.2, 0.25) is 17.6 Å². The highest BCUT2D eigenvalue weighted by Crippen LogP contribution is 2.38. The number of rotatable bonds is 5. The zero-order chi connectivity index (χ0) is 17.9. The third kappa shape index (κ3) is 3.50. The molecule has 1 N–H and O–H groups in total. The molecule has 1 aromatic carbocycles. The summed E-state index contributed by atoms with van der Waals surface area (Å²) in [5, 5.41) is 6.95. The van der Waals surface area contributed by atoms with Crippen LogP contribution in [0, 0.1) is 0 Å². The standard InChI is InChI=1S/C17H14ClN3O5/c18-10-8-13-14(25-7-6-24-13)9-11(10)19-15(22)3-4-16-20-17(21-26-16)12-2-1-5-23-12/h1-2,5,8-9H,3-4,6-7H2,(H,19,22). The molecule has 134 valence electrons. The predicted molar refractivity (Wildman–Crippen MR) is 91.4 cm³/mol. The van der Waals surface area contributed by atoms with E-state index in [0.717, 1.165) is 0 Å². The van der Waals surface area contributed by atoms with Gasteiger partial charge in [-0.05, 0) is 12.1 Å². The van der Waals surface area contributed by atoms with E-state index in [0.29, 0.717) is 59.3 Å². The lowest BCUT2D eigenvalue weighted by Crippen LogP contribution is -2.17. The molecule has 0 bridgehead atoms. The van der Waals surface area contributed by atoms with Gasteiger partial charge in [0.05, 0.1) is 17.0 Å². The van der Waals surface area contributed by atoms with E-state index < -0.39 is 0 Å². The first-order chi connectivity index (χ1) is 12.7. The Balaban J connectivity index is 1.37. The molecular formula is C17H14ClN3O5. The maximum absolute atomic E-state index is 12.2. The molecule has 9 heteroatoms. The molecule has 0 saturated heterocycles. The number of amides is 1. The maximum Gasteiger partial charge on any atom is 0.238 e. The van der Waals surface area contributed by atoms with E-state index in [-0.39, 0.29) is 12.3 Å². The van der Waals surface area contributed by atoms with Crippen molar-refractivity contribution in [3.8, 4) is 23.1 Å². The minimum absolute atomic E-state index is 0.157. The van der Waals surface area contributed by atoms with Crippen LogP contribution in [0.1, 0.15) is 12.3 Å². The number of hydrogen-bond acceptors (Lipinski definition) is 7. The summed E-state index contributed by atoms with van der Waals surface area (Å²) in [6.07, 6.45) is 1.97. The summed E-state index contributed by atoms with van der Waals surface area (Å²) in [5.41, 5.74) is 0.461. The lowest BCUT2D eigenvalue weighted by molar-refractivity contribution is -0.116. The Kier molecular flexibility index (Phi) is 4.49. The van der Waals surface area contributed by atoms with E-state index in [1.165, 1.54) is 6.26 Å². The van der Waals surface area contributed by atoms with Gasteiger partial charge in [0.25, 0.3) is 0 Å². The van der Waals surface area contributed by atoms with Crippen LogP contribution in [-0.2, 0) is 11.2 Å². The molecule has 1 aliphatic rings. The highest BCUT2D eigenvalue weighted by atomic mass is 35.5. The van der Waals surface area contributed by atoms with Crippen molar-refractivity contribution in [1.82, 2.24) is 10.1 Å². The Morgan fingerprint density at radius 1 is 1.23 bits per heavy atom. The normalized spacial score (nSPS) is 12.8. The second-order valence-electron chi connectivity index (χ2n) is 5.51. The van der Waals surface area contributed by atoms with Gasteiger partial charge in [-0.2, -0.15) is 4.98 Å². The summed E-state index contributed by atoms with van der Waals surface area (Å²) in [5.74, 6) is 2.08. The van der Waals surface area contributed by atoms with Gasteiger partial charge in [-0.1, -0.05) is 16.8 Å². The summed E-state index contributed by atoms with van der Waals surface area (Å²) >= 11 is 6.18. The van der Waals surface area contributed by atoms with Crippen LogP contribution >= 0.6 is 11.6 Å². The first-order valence-corrected chi connectivity index (χ1v) is 8.32. The number of hydrogen-bond donors (Lipinski definition) is 1. The maximum atomic E-state index is 12.2. The van der Waals surface area contributed by atoms with E-state index in [1.54, 1.807) is 24.3 Å². The number of fused-ring (bicyclic) bond motifs is 1. The Morgan fingerprint density at radius 2 is 2.04 bits per heavy atom. The van der Waals surface area contributed by atoms with Crippen LogP contribution in [0.15, 0.2) is 39.5 Å². The monoisotopic (exact) mass is 375 g/mol. The smallest absolute Gasteiger partial charge is 0.238 e. The summed E-state index contributed by atoms with van der Waals surface area (Å²) in [6, 6.07) is 6.73. The molecule has 0 atom stereocenters. The Hall–Kier alpha value is -3.00. The number of aromatic nitrogens is 2. The SMILES string of the molecule is O=C(CCc1nc(-c2ccco2)no1)Nc1cc2c(cc1Cl)OCCO2. The predicted octanol–water partition coefficient (Wildman–Crippen LogP) is 3.33. The first kappa shape index (κ1) is 16.5. The van der Waals surface area contributed by atoms with Crippen LogP contribution in [0.4, 0.5) is 5.69 Å². The van der Waals surface area contributed by atoms with Crippen LogP contribution in [0.3, 0.4) is 0 Å². The molecule has 3 heterocycles. The number of nitrogens with one attached hydrogen (secondary N) is 1. The molecule has 0 fully saturated rings. The molecule has 0 spiro atoms. The molecule has 0 aliphatic carbocycles. The van der Waals surface area contributed by atoms with Crippen molar-refractivity contribution < 1.29 is 23.2 Å². The average molecular weight is 376 g/mol. The van der Waals surface area contributed by atoms with E-state index in [1.807, 2.05) is 0 Å². The van der Waals surface area contributed by atoms with Gasteiger partial charge in [-0.25, -0.2) is 0 Å². The number of carbonyl (C=O) groups excluding carboxylic acids is 1. The van der Waals surface area contributed by atoms with Crippen molar-refractivity contribution in [2.75, 3.05) is 18.5 Å². The lowest BCUT2D eigenvalue weighted by atomic mass is 10.2. The summed E-state index contributed by atoms with van der Waals surface area (Å²) in [7, 11) is 0. The molecule has 8 nitrogen and oxygen atoms in total. The number of benzene rings is 1. The highest BCUT2D eigenvalue weighted by molar-refractivity contribution is 6.34. The minimum atomic E-state index is -0.235. The van der Waals surface area contributed by atoms with Gasteiger partial charge in [0, 0.05) is 25.0 Å². The Morgan fingerprint density at radius 3 is 2.81 bits per heavy atom. The van der Waals surface area contributed by atoms with Crippen molar-refractivity contribution in [3.05, 3.63) is 41.4 Å². The molecule has 4 rings (SSSR count). The zero-order valence-corrected chi connectivity index (χ0v) is 14.3. The van der Waals surface area contributed by atoms with E-state index in [9.17, 15) is 4.79 Å². The number of carbonyl (C=O) groups is 1. The molecule has 3 aromatic rings. The molecular weight excluding hydrogens is 362 g/mol. The fourth-order valence-corrected chi connectivity index (χ4v) is 2.66. The van der Waals surface area contributed by atoms with Crippen molar-refractivity contribution in [1.29, 1.82) is 0 Å². The fourth-order valence-electron chi connectivity index (χ4n) is 2.46. The van der Waals surface area contributed by atoms with Gasteiger partial charge in [-0.3, -0.25) is 4.79 Å². The highest BCUT2D eigenvalue weighted by Gasteiger charge is 2.17. The summed E-state index contributed by atoms with van der Waals surface area (Å²) in [4.78, 5) is 16.4. The molecule has 0 saturated carbocycles. The van der Waals surface area contributed by atoms with Gasteiger partial charge in [-0.15, -0.1) is 0 Å². The van der Waals surface area contributed by atoms with Crippen LogP contribution in [0.5, 0.6) is 11.5 Å². The summed E-state index contributed by atoms with van der Waals surface area (Å²) in [6.45, 7) is 0.927. The van der Waals surface area contributed by atoms with Crippen LogP contribution in [0.2, 0.25) is 5.02 Å². The van der Waals surface area contributed by atoms with Crippen molar-refractivity contribution in [2.24, 2.45) is 0 Å². The Labute approximate surface area is 153 Å². The Bertz CT molecular complexity index is 923. The third-order valence-electron chi connectivity index (χ3n) is 3.68. The number of ether oxygens (including phenoxy) is 2. The van der Waals surface area contributed by atoms with Crippen molar-refractivity contribution in [3.63, 3.8) is 0 Å². The topological polar surface area (TPSA) is 99.6 Å². The van der Waals surface area contributed by atoms with E-state index >= 15 is 0 Å². The van der Waals surface area contributed by atoms with Gasteiger partial charge in [0.15, 0.2) is 17.3 Å². The van der Waals surface area contributed by atoms with Crippen molar-refractivity contribution >= 4 is 23.2 Å². The van der Waals surface area contributed by atoms with Crippen LogP contribution < -0.4 is 14.8 Å². The number of furan rings is 1. The van der Waals surface area contributed by atoms with Crippen LogP contribution in [-0.4, -0.2) is 29.3 Å². The second kappa shape index (κ2) is 7.09. The lowest BCUT2D eigenvalue weighted by Gasteiger charge is -2.20. The summed E-state index contributed by atoms with van der Waals surface area (Å²) < 4.78 is 21.3. The molecule has 1 amide bonds. The van der Waals surface area contributed by atoms with Gasteiger partial charge < -0.3 is 23.7 Å². The van der Waals surface area contributed by atoms with Gasteiger partial charge in [0.1, 0.15) is 13.2 Å². The molecule has 0 radical (unpaired) electrons. The minimum Gasteiger partial charge on any atom is -0.486 e. The van der Waals surface area contributed by atoms with E-state index in [4.69, 9.17) is 30.0 Å². The third-order valence-corrected chi connectivity index (χ3v) is 3.99. The van der Waals surface area contributed by atoms with Crippen molar-refractivity contribution in [2.45, 2.75) is 12.8 Å². The molecule has 0 unspecified atom stereocenters. The zero-order valence-electron chi connectivity index (χ0n) is 13.5. The van der Waals surface area contributed by atoms with E-state index in [2.05, 4.69) is 15.5 Å². The fraction of sp³-hybridized carbons (Fsp3) is 0.235. The average Bonchev–Trinajstić information content (AvgIpc) is 3.32. The second-order valence-corrected chi connectivity index (χ2v) is 5.92.